The smallest absolute Gasteiger partial charge is 0.253 e. The van der Waals surface area contributed by atoms with Crippen LogP contribution in [0.5, 0.6) is 5.75 Å². The SMILES string of the molecule is CNC(=O)c1cc2c(N)n(CC(=O)c3cc(N(C)CCO)c(OC)c(C(C)(C)C)c3)cc2cc1N(C)C. The Hall–Kier alpha value is -3.72. The summed E-state index contributed by atoms with van der Waals surface area (Å²) in [4.78, 5) is 29.8. The fourth-order valence-electron chi connectivity index (χ4n) is 4.49. The van der Waals surface area contributed by atoms with E-state index in [0.29, 0.717) is 34.6 Å². The third-order valence-electron chi connectivity index (χ3n) is 6.57. The Morgan fingerprint density at radius 2 is 1.78 bits per heavy atom. The fourth-order valence-corrected chi connectivity index (χ4v) is 4.49. The van der Waals surface area contributed by atoms with Crippen LogP contribution in [0.4, 0.5) is 17.2 Å². The molecule has 0 radical (unpaired) electrons. The lowest BCUT2D eigenvalue weighted by Gasteiger charge is -2.28. The monoisotopic (exact) mass is 509 g/mol. The number of aromatic nitrogens is 1. The highest BCUT2D eigenvalue weighted by atomic mass is 16.5. The maximum absolute atomic E-state index is 13.6. The molecule has 0 aliphatic rings. The minimum Gasteiger partial charge on any atom is -0.494 e. The zero-order valence-electron chi connectivity index (χ0n) is 23.1. The van der Waals surface area contributed by atoms with Gasteiger partial charge in [0, 0.05) is 68.5 Å². The number of anilines is 3. The molecule has 0 bridgehead atoms. The van der Waals surface area contributed by atoms with E-state index in [9.17, 15) is 14.7 Å². The van der Waals surface area contributed by atoms with Crippen LogP contribution in [-0.4, -0.2) is 69.8 Å². The number of aliphatic hydroxyl groups excluding tert-OH is 1. The Kier molecular flexibility index (Phi) is 8.07. The van der Waals surface area contributed by atoms with Gasteiger partial charge in [-0.3, -0.25) is 9.59 Å². The summed E-state index contributed by atoms with van der Waals surface area (Å²) in [7, 11) is 8.81. The Labute approximate surface area is 218 Å². The fraction of sp³-hybridized carbons (Fsp3) is 0.429. The van der Waals surface area contributed by atoms with E-state index in [0.717, 1.165) is 22.3 Å². The molecule has 9 heteroatoms. The second kappa shape index (κ2) is 10.7. The molecular weight excluding hydrogens is 470 g/mol. The summed E-state index contributed by atoms with van der Waals surface area (Å²) in [6.07, 6.45) is 1.84. The minimum atomic E-state index is -0.281. The molecule has 0 atom stereocenters. The van der Waals surface area contributed by atoms with Crippen molar-refractivity contribution in [3.63, 3.8) is 0 Å². The van der Waals surface area contributed by atoms with Gasteiger partial charge in [0.2, 0.25) is 0 Å². The van der Waals surface area contributed by atoms with Gasteiger partial charge in [-0.25, -0.2) is 0 Å². The highest BCUT2D eigenvalue weighted by molar-refractivity contribution is 6.07. The molecule has 1 amide bonds. The van der Waals surface area contributed by atoms with Gasteiger partial charge in [0.15, 0.2) is 5.78 Å². The molecular formula is C28H39N5O4. The molecule has 37 heavy (non-hydrogen) atoms. The first kappa shape index (κ1) is 27.9. The number of Topliss-reactive ketones (excluding diaryl/α,β-unsaturated/α-hetero) is 1. The van der Waals surface area contributed by atoms with Gasteiger partial charge in [0.05, 0.1) is 31.5 Å². The quantitative estimate of drug-likeness (QED) is 0.380. The number of aliphatic hydroxyl groups is 1. The lowest BCUT2D eigenvalue weighted by Crippen LogP contribution is -2.24. The number of hydrogen-bond donors (Lipinski definition) is 3. The molecule has 3 aromatic rings. The third kappa shape index (κ3) is 5.51. The van der Waals surface area contributed by atoms with Crippen molar-refractivity contribution in [1.82, 2.24) is 9.88 Å². The molecule has 0 aliphatic carbocycles. The van der Waals surface area contributed by atoms with E-state index in [4.69, 9.17) is 10.5 Å². The van der Waals surface area contributed by atoms with Crippen LogP contribution in [0.1, 0.15) is 47.1 Å². The van der Waals surface area contributed by atoms with E-state index >= 15 is 0 Å². The van der Waals surface area contributed by atoms with Gasteiger partial charge < -0.3 is 35.3 Å². The van der Waals surface area contributed by atoms with Gasteiger partial charge in [-0.2, -0.15) is 0 Å². The molecule has 0 saturated heterocycles. The molecule has 4 N–H and O–H groups in total. The molecule has 9 nitrogen and oxygen atoms in total. The first-order valence-corrected chi connectivity index (χ1v) is 12.2. The maximum Gasteiger partial charge on any atom is 0.253 e. The topological polar surface area (TPSA) is 113 Å². The number of nitrogens with zero attached hydrogens (tertiary/aromatic N) is 3. The second-order valence-electron chi connectivity index (χ2n) is 10.5. The van der Waals surface area contributed by atoms with Crippen LogP contribution >= 0.6 is 0 Å². The van der Waals surface area contributed by atoms with Crippen molar-refractivity contribution in [2.75, 3.05) is 64.0 Å². The van der Waals surface area contributed by atoms with Gasteiger partial charge in [-0.1, -0.05) is 20.8 Å². The van der Waals surface area contributed by atoms with E-state index in [-0.39, 0.29) is 30.3 Å². The number of nitrogens with two attached hydrogens (primary N) is 1. The lowest BCUT2D eigenvalue weighted by molar-refractivity contribution is 0.0959. The van der Waals surface area contributed by atoms with Crippen LogP contribution < -0.4 is 25.6 Å². The summed E-state index contributed by atoms with van der Waals surface area (Å²) in [6, 6.07) is 7.36. The zero-order chi connectivity index (χ0) is 27.7. The number of carbonyl (C=O) groups excluding carboxylic acids is 2. The molecule has 0 spiro atoms. The first-order valence-electron chi connectivity index (χ1n) is 12.2. The van der Waals surface area contributed by atoms with Crippen LogP contribution in [0.3, 0.4) is 0 Å². The summed E-state index contributed by atoms with van der Waals surface area (Å²) in [5.41, 5.74) is 9.64. The molecule has 3 rings (SSSR count). The molecule has 200 valence electrons. The van der Waals surface area contributed by atoms with Crippen molar-refractivity contribution in [1.29, 1.82) is 0 Å². The Morgan fingerprint density at radius 1 is 1.11 bits per heavy atom. The van der Waals surface area contributed by atoms with E-state index < -0.39 is 0 Å². The number of ether oxygens (including phenoxy) is 1. The van der Waals surface area contributed by atoms with Gasteiger partial charge in [-0.05, 0) is 29.7 Å². The van der Waals surface area contributed by atoms with Crippen LogP contribution in [0, 0.1) is 0 Å². The number of hydrogen-bond acceptors (Lipinski definition) is 7. The summed E-state index contributed by atoms with van der Waals surface area (Å²) < 4.78 is 7.48. The zero-order valence-corrected chi connectivity index (χ0v) is 23.1. The number of likely N-dealkylation sites (N-methyl/N-ethyl adjacent to an activating group) is 1. The highest BCUT2D eigenvalue weighted by Gasteiger charge is 2.26. The predicted molar refractivity (Wildman–Crippen MR) is 150 cm³/mol. The normalized spacial score (nSPS) is 11.5. The molecule has 1 heterocycles. The number of methoxy groups -OCH3 is 1. The summed E-state index contributed by atoms with van der Waals surface area (Å²) in [5.74, 6) is 0.782. The van der Waals surface area contributed by atoms with Gasteiger partial charge in [0.25, 0.3) is 5.91 Å². The van der Waals surface area contributed by atoms with E-state index in [1.165, 1.54) is 0 Å². The summed E-state index contributed by atoms with van der Waals surface area (Å²) in [5, 5.41) is 13.7. The Morgan fingerprint density at radius 3 is 2.32 bits per heavy atom. The van der Waals surface area contributed by atoms with Crippen molar-refractivity contribution in [3.05, 3.63) is 47.2 Å². The number of rotatable bonds is 9. The molecule has 0 aliphatic heterocycles. The van der Waals surface area contributed by atoms with E-state index in [2.05, 4.69) is 26.1 Å². The van der Waals surface area contributed by atoms with Crippen molar-refractivity contribution >= 4 is 39.7 Å². The van der Waals surface area contributed by atoms with Gasteiger partial charge in [-0.15, -0.1) is 0 Å². The number of nitrogens with one attached hydrogen (secondary N) is 1. The molecule has 0 saturated carbocycles. The predicted octanol–water partition coefficient (Wildman–Crippen LogP) is 3.27. The third-order valence-corrected chi connectivity index (χ3v) is 6.57. The highest BCUT2D eigenvalue weighted by Crippen LogP contribution is 2.40. The minimum absolute atomic E-state index is 0.0256. The summed E-state index contributed by atoms with van der Waals surface area (Å²) >= 11 is 0. The molecule has 0 fully saturated rings. The number of nitrogen functional groups attached to an aromatic ring is 1. The van der Waals surface area contributed by atoms with Crippen molar-refractivity contribution in [2.45, 2.75) is 32.7 Å². The number of carbonyl (C=O) groups is 2. The lowest BCUT2D eigenvalue weighted by atomic mass is 9.84. The van der Waals surface area contributed by atoms with Gasteiger partial charge in [0.1, 0.15) is 11.6 Å². The maximum atomic E-state index is 13.6. The first-order chi connectivity index (χ1) is 17.3. The average molecular weight is 510 g/mol. The number of benzene rings is 2. The van der Waals surface area contributed by atoms with E-state index in [1.54, 1.807) is 30.9 Å². The van der Waals surface area contributed by atoms with Crippen LogP contribution in [0.25, 0.3) is 10.8 Å². The number of fused-ring (bicyclic) bond motifs is 1. The summed E-state index contributed by atoms with van der Waals surface area (Å²) in [6.45, 7) is 6.61. The number of amides is 1. The van der Waals surface area contributed by atoms with Crippen LogP contribution in [0.15, 0.2) is 30.5 Å². The Balaban J connectivity index is 2.10. The number of ketones is 1. The van der Waals surface area contributed by atoms with Crippen molar-refractivity contribution in [3.8, 4) is 5.75 Å². The molecule has 1 aromatic heterocycles. The average Bonchev–Trinajstić information content (AvgIpc) is 3.15. The van der Waals surface area contributed by atoms with Gasteiger partial charge >= 0.3 is 0 Å². The molecule has 2 aromatic carbocycles. The standard InChI is InChI=1S/C28H39N5O4/c1-28(2,3)21-11-17(12-23(25(21)37-8)32(7)9-10-34)24(35)16-33-15-18-13-22(31(5)6)20(27(36)30-4)14-19(18)26(33)29/h11-15,34H,9-10,16,29H2,1-8H3,(H,30,36). The van der Waals surface area contributed by atoms with Crippen molar-refractivity contribution < 1.29 is 19.4 Å². The van der Waals surface area contributed by atoms with Crippen LogP contribution in [0.2, 0.25) is 0 Å². The Bertz CT molecular complexity index is 1320. The van der Waals surface area contributed by atoms with Crippen LogP contribution in [-0.2, 0) is 12.0 Å². The van der Waals surface area contributed by atoms with E-state index in [1.807, 2.05) is 49.3 Å². The molecule has 0 unspecified atom stereocenters. The largest absolute Gasteiger partial charge is 0.494 e. The second-order valence-corrected chi connectivity index (χ2v) is 10.5. The van der Waals surface area contributed by atoms with Crippen molar-refractivity contribution in [2.24, 2.45) is 0 Å².